The van der Waals surface area contributed by atoms with Gasteiger partial charge in [-0.2, -0.15) is 13.2 Å². The fraction of sp³-hybridized carbons (Fsp3) is 0.300. The monoisotopic (exact) mass is 286 g/mol. The summed E-state index contributed by atoms with van der Waals surface area (Å²) in [7, 11) is 0. The molecule has 0 aliphatic rings. The zero-order valence-corrected chi connectivity index (χ0v) is 10.1. The molecule has 0 heterocycles. The Bertz CT molecular complexity index is 444. The van der Waals surface area contributed by atoms with E-state index in [4.69, 9.17) is 23.2 Å². The van der Waals surface area contributed by atoms with Gasteiger partial charge in [-0.1, -0.05) is 23.2 Å². The summed E-state index contributed by atoms with van der Waals surface area (Å²) in [6.45, 7) is 1.56. The van der Waals surface area contributed by atoms with Crippen LogP contribution in [0.25, 0.3) is 0 Å². The van der Waals surface area contributed by atoms with Crippen LogP contribution in [0.15, 0.2) is 12.1 Å². The van der Waals surface area contributed by atoms with E-state index in [1.165, 1.54) is 6.92 Å². The Morgan fingerprint density at radius 2 is 1.94 bits per heavy atom. The van der Waals surface area contributed by atoms with Gasteiger partial charge in [0, 0.05) is 0 Å². The van der Waals surface area contributed by atoms with Crippen LogP contribution in [-0.4, -0.2) is 12.6 Å². The minimum Gasteiger partial charge on any atom is -0.462 e. The summed E-state index contributed by atoms with van der Waals surface area (Å²) in [4.78, 5) is 11.4. The summed E-state index contributed by atoms with van der Waals surface area (Å²) in [5, 5.41) is -0.595. The number of benzene rings is 1. The summed E-state index contributed by atoms with van der Waals surface area (Å²) < 4.78 is 42.0. The van der Waals surface area contributed by atoms with Gasteiger partial charge in [0.2, 0.25) is 0 Å². The topological polar surface area (TPSA) is 26.3 Å². The number of carbonyl (C=O) groups excluding carboxylic acids is 1. The molecule has 0 aromatic heterocycles. The van der Waals surface area contributed by atoms with Gasteiger partial charge in [-0.05, 0) is 19.1 Å². The van der Waals surface area contributed by atoms with Gasteiger partial charge in [-0.15, -0.1) is 0 Å². The van der Waals surface area contributed by atoms with E-state index in [1.54, 1.807) is 0 Å². The lowest BCUT2D eigenvalue weighted by atomic mass is 10.1. The molecule has 1 aromatic rings. The van der Waals surface area contributed by atoms with Crippen molar-refractivity contribution in [3.8, 4) is 0 Å². The van der Waals surface area contributed by atoms with Crippen LogP contribution in [0.2, 0.25) is 10.0 Å². The first-order valence-electron chi connectivity index (χ1n) is 4.50. The van der Waals surface area contributed by atoms with Crippen LogP contribution in [-0.2, 0) is 10.9 Å². The second-order valence-corrected chi connectivity index (χ2v) is 3.82. The molecule has 17 heavy (non-hydrogen) atoms. The average molecular weight is 287 g/mol. The minimum atomic E-state index is -4.60. The molecule has 0 atom stereocenters. The summed E-state index contributed by atoms with van der Waals surface area (Å²) in [5.41, 5.74) is -1.44. The van der Waals surface area contributed by atoms with E-state index in [-0.39, 0.29) is 16.7 Å². The third-order valence-corrected chi connectivity index (χ3v) is 2.65. The fourth-order valence-corrected chi connectivity index (χ4v) is 1.52. The van der Waals surface area contributed by atoms with Crippen molar-refractivity contribution >= 4 is 29.2 Å². The van der Waals surface area contributed by atoms with Crippen molar-refractivity contribution in [3.05, 3.63) is 33.3 Å². The number of esters is 1. The Morgan fingerprint density at radius 1 is 1.35 bits per heavy atom. The molecule has 0 aliphatic carbocycles. The summed E-state index contributed by atoms with van der Waals surface area (Å²) in [5.74, 6) is -0.939. The molecule has 0 spiro atoms. The van der Waals surface area contributed by atoms with Crippen molar-refractivity contribution in [1.82, 2.24) is 0 Å². The van der Waals surface area contributed by atoms with Crippen LogP contribution in [0.4, 0.5) is 13.2 Å². The van der Waals surface area contributed by atoms with E-state index < -0.39 is 23.3 Å². The lowest BCUT2D eigenvalue weighted by molar-refractivity contribution is -0.137. The first kappa shape index (κ1) is 14.1. The first-order chi connectivity index (χ1) is 7.77. The molecular formula is C10H7Cl2F3O2. The highest BCUT2D eigenvalue weighted by Gasteiger charge is 2.33. The Kier molecular flexibility index (Phi) is 4.27. The van der Waals surface area contributed by atoms with Gasteiger partial charge in [-0.25, -0.2) is 4.79 Å². The van der Waals surface area contributed by atoms with E-state index in [0.29, 0.717) is 12.1 Å². The predicted molar refractivity (Wildman–Crippen MR) is 57.4 cm³/mol. The van der Waals surface area contributed by atoms with Crippen LogP contribution in [0.5, 0.6) is 0 Å². The Hall–Kier alpha value is -0.940. The van der Waals surface area contributed by atoms with Crippen molar-refractivity contribution in [2.75, 3.05) is 6.61 Å². The largest absolute Gasteiger partial charge is 0.462 e. The third-order valence-electron chi connectivity index (χ3n) is 1.85. The molecule has 0 fully saturated rings. The smallest absolute Gasteiger partial charge is 0.416 e. The fourth-order valence-electron chi connectivity index (χ4n) is 1.11. The maximum absolute atomic E-state index is 12.5. The van der Waals surface area contributed by atoms with E-state index in [1.807, 2.05) is 0 Å². The number of hydrogen-bond donors (Lipinski definition) is 0. The van der Waals surface area contributed by atoms with E-state index in [0.717, 1.165) is 0 Å². The van der Waals surface area contributed by atoms with E-state index in [9.17, 15) is 18.0 Å². The average Bonchev–Trinajstić information content (AvgIpc) is 2.20. The van der Waals surface area contributed by atoms with Crippen molar-refractivity contribution in [2.24, 2.45) is 0 Å². The zero-order chi connectivity index (χ0) is 13.2. The SMILES string of the molecule is CCOC(=O)c1cc(C(F)(F)F)cc(Cl)c1Cl. The molecule has 1 aromatic carbocycles. The van der Waals surface area contributed by atoms with Crippen LogP contribution in [0.1, 0.15) is 22.8 Å². The lowest BCUT2D eigenvalue weighted by Gasteiger charge is -2.11. The first-order valence-corrected chi connectivity index (χ1v) is 5.26. The number of alkyl halides is 3. The zero-order valence-electron chi connectivity index (χ0n) is 8.57. The molecule has 0 saturated carbocycles. The van der Waals surface area contributed by atoms with Crippen LogP contribution >= 0.6 is 23.2 Å². The van der Waals surface area contributed by atoms with Gasteiger partial charge in [0.05, 0.1) is 27.8 Å². The van der Waals surface area contributed by atoms with Crippen molar-refractivity contribution in [1.29, 1.82) is 0 Å². The number of halogens is 5. The molecule has 0 saturated heterocycles. The Morgan fingerprint density at radius 3 is 2.41 bits per heavy atom. The van der Waals surface area contributed by atoms with Crippen molar-refractivity contribution in [2.45, 2.75) is 13.1 Å². The molecule has 0 bridgehead atoms. The standard InChI is InChI=1S/C10H7Cl2F3O2/c1-2-17-9(16)6-3-5(10(13,14)15)4-7(11)8(6)12/h3-4H,2H2,1H3. The van der Waals surface area contributed by atoms with E-state index >= 15 is 0 Å². The highest BCUT2D eigenvalue weighted by atomic mass is 35.5. The molecule has 0 radical (unpaired) electrons. The van der Waals surface area contributed by atoms with Gasteiger partial charge in [-0.3, -0.25) is 0 Å². The van der Waals surface area contributed by atoms with Gasteiger partial charge in [0.25, 0.3) is 0 Å². The number of rotatable bonds is 2. The molecule has 94 valence electrons. The predicted octanol–water partition coefficient (Wildman–Crippen LogP) is 4.19. The summed E-state index contributed by atoms with van der Waals surface area (Å²) in [6, 6.07) is 1.28. The number of ether oxygens (including phenoxy) is 1. The Balaban J connectivity index is 3.30. The normalized spacial score (nSPS) is 11.4. The molecule has 0 amide bonds. The van der Waals surface area contributed by atoms with Gasteiger partial charge >= 0.3 is 12.1 Å². The molecule has 0 aliphatic heterocycles. The van der Waals surface area contributed by atoms with Crippen LogP contribution in [0.3, 0.4) is 0 Å². The van der Waals surface area contributed by atoms with Crippen LogP contribution in [0, 0.1) is 0 Å². The van der Waals surface area contributed by atoms with Crippen molar-refractivity contribution < 1.29 is 22.7 Å². The van der Waals surface area contributed by atoms with E-state index in [2.05, 4.69) is 4.74 Å². The van der Waals surface area contributed by atoms with Crippen molar-refractivity contribution in [3.63, 3.8) is 0 Å². The Labute approximate surface area is 105 Å². The second kappa shape index (κ2) is 5.14. The van der Waals surface area contributed by atoms with Gasteiger partial charge in [0.15, 0.2) is 0 Å². The molecule has 0 N–H and O–H groups in total. The van der Waals surface area contributed by atoms with Gasteiger partial charge in [0.1, 0.15) is 0 Å². The molecular weight excluding hydrogens is 280 g/mol. The molecule has 2 nitrogen and oxygen atoms in total. The lowest BCUT2D eigenvalue weighted by Crippen LogP contribution is -2.10. The quantitative estimate of drug-likeness (QED) is 0.762. The molecule has 1 rings (SSSR count). The highest BCUT2D eigenvalue weighted by Crippen LogP contribution is 2.36. The maximum atomic E-state index is 12.5. The molecule has 7 heteroatoms. The third kappa shape index (κ3) is 3.26. The van der Waals surface area contributed by atoms with Crippen LogP contribution < -0.4 is 0 Å². The number of hydrogen-bond acceptors (Lipinski definition) is 2. The van der Waals surface area contributed by atoms with Gasteiger partial charge < -0.3 is 4.74 Å². The summed E-state index contributed by atoms with van der Waals surface area (Å²) in [6.07, 6.45) is -4.60. The molecule has 0 unspecified atom stereocenters. The highest BCUT2D eigenvalue weighted by molar-refractivity contribution is 6.43. The maximum Gasteiger partial charge on any atom is 0.416 e. The summed E-state index contributed by atoms with van der Waals surface area (Å²) >= 11 is 11.2. The minimum absolute atomic E-state index is 0.0308. The second-order valence-electron chi connectivity index (χ2n) is 3.04. The number of carbonyl (C=O) groups is 1.